The molecule has 1 aromatic carbocycles. The van der Waals surface area contributed by atoms with E-state index in [0.29, 0.717) is 22.2 Å². The highest BCUT2D eigenvalue weighted by molar-refractivity contribution is 6.36. The number of benzene rings is 1. The highest BCUT2D eigenvalue weighted by Crippen LogP contribution is 2.27. The molecule has 0 unspecified atom stereocenters. The van der Waals surface area contributed by atoms with Gasteiger partial charge in [0.1, 0.15) is 10.7 Å². The van der Waals surface area contributed by atoms with Gasteiger partial charge in [0.15, 0.2) is 5.82 Å². The van der Waals surface area contributed by atoms with Crippen molar-refractivity contribution in [1.82, 2.24) is 19.6 Å². The quantitative estimate of drug-likeness (QED) is 0.676. The van der Waals surface area contributed by atoms with Crippen LogP contribution in [0.2, 0.25) is 20.1 Å². The first-order valence-electron chi connectivity index (χ1n) is 7.01. The Morgan fingerprint density at radius 2 is 1.80 bits per heavy atom. The van der Waals surface area contributed by atoms with Crippen molar-refractivity contribution in [3.05, 3.63) is 61.9 Å². The molecule has 130 valence electrons. The van der Waals surface area contributed by atoms with Crippen molar-refractivity contribution in [2.75, 3.05) is 5.32 Å². The fourth-order valence-corrected chi connectivity index (χ4v) is 3.21. The molecule has 1 N–H and O–H groups in total. The molecule has 3 rings (SSSR count). The van der Waals surface area contributed by atoms with Crippen molar-refractivity contribution >= 4 is 58.1 Å². The number of carbonyl (C=O) groups is 1. The lowest BCUT2D eigenvalue weighted by atomic mass is 10.2. The third kappa shape index (κ3) is 3.77. The third-order valence-corrected chi connectivity index (χ3v) is 4.70. The number of aryl methyl sites for hydroxylation is 1. The molecule has 3 aromatic rings. The van der Waals surface area contributed by atoms with Crippen LogP contribution in [0.25, 0.3) is 0 Å². The van der Waals surface area contributed by atoms with E-state index in [1.807, 2.05) is 0 Å². The van der Waals surface area contributed by atoms with Gasteiger partial charge in [-0.2, -0.15) is 10.2 Å². The van der Waals surface area contributed by atoms with E-state index in [4.69, 9.17) is 46.4 Å². The van der Waals surface area contributed by atoms with Crippen molar-refractivity contribution in [2.24, 2.45) is 7.05 Å². The number of nitrogens with zero attached hydrogens (tertiary/aromatic N) is 4. The summed E-state index contributed by atoms with van der Waals surface area (Å²) in [6.07, 6.45) is 2.96. The summed E-state index contributed by atoms with van der Waals surface area (Å²) < 4.78 is 2.90. The van der Waals surface area contributed by atoms with Crippen molar-refractivity contribution in [3.63, 3.8) is 0 Å². The van der Waals surface area contributed by atoms with E-state index in [9.17, 15) is 4.79 Å². The molecule has 0 aliphatic rings. The number of halogens is 4. The summed E-state index contributed by atoms with van der Waals surface area (Å²) in [4.78, 5) is 12.3. The molecule has 0 aliphatic carbocycles. The molecular formula is C15H11Cl4N5O. The molecule has 0 saturated carbocycles. The Balaban J connectivity index is 1.82. The Kier molecular flexibility index (Phi) is 5.24. The maximum absolute atomic E-state index is 12.3. The minimum Gasteiger partial charge on any atom is -0.302 e. The van der Waals surface area contributed by atoms with Gasteiger partial charge >= 0.3 is 0 Å². The molecule has 0 saturated heterocycles. The molecular weight excluding hydrogens is 408 g/mol. The summed E-state index contributed by atoms with van der Waals surface area (Å²) in [6, 6.07) is 5.23. The lowest BCUT2D eigenvalue weighted by Crippen LogP contribution is -2.17. The zero-order valence-corrected chi connectivity index (χ0v) is 15.8. The summed E-state index contributed by atoms with van der Waals surface area (Å²) in [5.41, 5.74) is 0.916. The summed E-state index contributed by atoms with van der Waals surface area (Å²) >= 11 is 24.4. The zero-order valence-electron chi connectivity index (χ0n) is 12.8. The maximum atomic E-state index is 12.3. The molecule has 6 nitrogen and oxygen atoms in total. The van der Waals surface area contributed by atoms with E-state index in [1.165, 1.54) is 15.6 Å². The molecule has 1 amide bonds. The molecule has 0 aliphatic heterocycles. The fraction of sp³-hybridized carbons (Fsp3) is 0.133. The second-order valence-electron chi connectivity index (χ2n) is 5.14. The smallest absolute Gasteiger partial charge is 0.276 e. The Morgan fingerprint density at radius 1 is 1.12 bits per heavy atom. The molecule has 10 heteroatoms. The second kappa shape index (κ2) is 7.25. The Bertz CT molecular complexity index is 910. The van der Waals surface area contributed by atoms with E-state index >= 15 is 0 Å². The number of hydrogen-bond acceptors (Lipinski definition) is 3. The average Bonchev–Trinajstić information content (AvgIpc) is 3.06. The monoisotopic (exact) mass is 417 g/mol. The molecule has 2 aromatic heterocycles. The number of carbonyl (C=O) groups excluding carboxylic acids is 1. The van der Waals surface area contributed by atoms with Gasteiger partial charge in [-0.15, -0.1) is 0 Å². The highest BCUT2D eigenvalue weighted by Gasteiger charge is 2.19. The van der Waals surface area contributed by atoms with Crippen molar-refractivity contribution in [2.45, 2.75) is 6.54 Å². The van der Waals surface area contributed by atoms with Crippen molar-refractivity contribution in [3.8, 4) is 0 Å². The number of aromatic nitrogens is 4. The lowest BCUT2D eigenvalue weighted by Gasteiger charge is -2.07. The molecule has 2 heterocycles. The minimum atomic E-state index is -0.465. The predicted octanol–water partition coefficient (Wildman–Crippen LogP) is 4.53. The zero-order chi connectivity index (χ0) is 18.1. The second-order valence-corrected chi connectivity index (χ2v) is 6.77. The largest absolute Gasteiger partial charge is 0.302 e. The van der Waals surface area contributed by atoms with Gasteiger partial charge < -0.3 is 5.32 Å². The van der Waals surface area contributed by atoms with Crippen molar-refractivity contribution < 1.29 is 4.79 Å². The average molecular weight is 419 g/mol. The Labute approximate surface area is 163 Å². The molecule has 0 bridgehead atoms. The van der Waals surface area contributed by atoms with Crippen molar-refractivity contribution in [1.29, 1.82) is 0 Å². The SMILES string of the molecule is Cn1ncc(Cl)c1C(=O)Nc1nn(Cc2c(Cl)cccc2Cl)cc1Cl. The van der Waals surface area contributed by atoms with Gasteiger partial charge in [-0.25, -0.2) is 0 Å². The summed E-state index contributed by atoms with van der Waals surface area (Å²) in [5, 5.41) is 12.3. The Morgan fingerprint density at radius 3 is 2.40 bits per heavy atom. The Hall–Kier alpha value is -1.73. The molecule has 0 radical (unpaired) electrons. The molecule has 0 fully saturated rings. The van der Waals surface area contributed by atoms with Gasteiger partial charge in [-0.05, 0) is 12.1 Å². The van der Waals surface area contributed by atoms with Gasteiger partial charge in [0, 0.05) is 28.9 Å². The molecule has 0 atom stereocenters. The van der Waals surface area contributed by atoms with E-state index in [2.05, 4.69) is 15.5 Å². The number of anilines is 1. The standard InChI is InChI=1S/C15H11Cl4N5O/c1-23-13(11(18)5-20-23)15(25)21-14-12(19)7-24(22-14)6-8-9(16)3-2-4-10(8)17/h2-5,7H,6H2,1H3,(H,21,22,25). The first-order valence-corrected chi connectivity index (χ1v) is 8.52. The number of hydrogen-bond donors (Lipinski definition) is 1. The van der Waals surface area contributed by atoms with Crippen LogP contribution >= 0.6 is 46.4 Å². The highest BCUT2D eigenvalue weighted by atomic mass is 35.5. The third-order valence-electron chi connectivity index (χ3n) is 3.44. The van der Waals surface area contributed by atoms with Crippen LogP contribution in [0.5, 0.6) is 0 Å². The van der Waals surface area contributed by atoms with E-state index < -0.39 is 5.91 Å². The van der Waals surface area contributed by atoms with Gasteiger partial charge in [0.2, 0.25) is 0 Å². The van der Waals surface area contributed by atoms with Crippen LogP contribution < -0.4 is 5.32 Å². The van der Waals surface area contributed by atoms with Crippen LogP contribution in [0.15, 0.2) is 30.6 Å². The van der Waals surface area contributed by atoms with Gasteiger partial charge in [0.25, 0.3) is 5.91 Å². The lowest BCUT2D eigenvalue weighted by molar-refractivity contribution is 0.101. The van der Waals surface area contributed by atoms with Gasteiger partial charge in [-0.3, -0.25) is 14.2 Å². The summed E-state index contributed by atoms with van der Waals surface area (Å²) in [7, 11) is 1.61. The first kappa shape index (κ1) is 18.1. The van der Waals surface area contributed by atoms with E-state index in [1.54, 1.807) is 31.4 Å². The number of amides is 1. The topological polar surface area (TPSA) is 64.7 Å². The summed E-state index contributed by atoms with van der Waals surface area (Å²) in [5.74, 6) is -0.264. The first-order chi connectivity index (χ1) is 11.9. The van der Waals surface area contributed by atoms with Crippen LogP contribution in [-0.4, -0.2) is 25.5 Å². The van der Waals surface area contributed by atoms with Crippen LogP contribution in [0, 0.1) is 0 Å². The minimum absolute atomic E-state index is 0.201. The normalized spacial score (nSPS) is 10.9. The molecule has 0 spiro atoms. The van der Waals surface area contributed by atoms with Gasteiger partial charge in [0.05, 0.1) is 17.8 Å². The maximum Gasteiger partial charge on any atom is 0.276 e. The number of rotatable bonds is 4. The van der Waals surface area contributed by atoms with Crippen LogP contribution in [0.4, 0.5) is 5.82 Å². The van der Waals surface area contributed by atoms with Crippen LogP contribution in [-0.2, 0) is 13.6 Å². The van der Waals surface area contributed by atoms with E-state index in [0.717, 1.165) is 0 Å². The predicted molar refractivity (Wildman–Crippen MR) is 99.0 cm³/mol. The van der Waals surface area contributed by atoms with E-state index in [-0.39, 0.29) is 21.6 Å². The number of nitrogens with one attached hydrogen (secondary N) is 1. The summed E-state index contributed by atoms with van der Waals surface area (Å²) in [6.45, 7) is 0.306. The van der Waals surface area contributed by atoms with Crippen LogP contribution in [0.1, 0.15) is 16.1 Å². The van der Waals surface area contributed by atoms with Gasteiger partial charge in [-0.1, -0.05) is 52.5 Å². The van der Waals surface area contributed by atoms with Crippen LogP contribution in [0.3, 0.4) is 0 Å². The fourth-order valence-electron chi connectivity index (χ4n) is 2.24. The molecule has 25 heavy (non-hydrogen) atoms.